The predicted molar refractivity (Wildman–Crippen MR) is 87.5 cm³/mol. The first-order chi connectivity index (χ1) is 11.3. The molecule has 0 radical (unpaired) electrons. The van der Waals surface area contributed by atoms with Crippen molar-refractivity contribution in [1.29, 1.82) is 0 Å². The van der Waals surface area contributed by atoms with Crippen LogP contribution >= 0.6 is 0 Å². The normalized spacial score (nSPS) is 18.6. The summed E-state index contributed by atoms with van der Waals surface area (Å²) < 4.78 is 5.22. The molecule has 1 aliphatic rings. The molecule has 24 heavy (non-hydrogen) atoms. The van der Waals surface area contributed by atoms with Crippen LogP contribution in [0.4, 0.5) is 0 Å². The van der Waals surface area contributed by atoms with Crippen LogP contribution in [-0.2, 0) is 21.4 Å². The lowest BCUT2D eigenvalue weighted by molar-refractivity contribution is -0.137. The van der Waals surface area contributed by atoms with E-state index < -0.39 is 5.97 Å². The molecule has 1 aromatic heterocycles. The van der Waals surface area contributed by atoms with E-state index in [0.29, 0.717) is 37.5 Å². The molecule has 1 fully saturated rings. The van der Waals surface area contributed by atoms with Gasteiger partial charge < -0.3 is 14.5 Å². The second-order valence-corrected chi connectivity index (χ2v) is 7.54. The van der Waals surface area contributed by atoms with Gasteiger partial charge in [0.2, 0.25) is 11.8 Å². The van der Waals surface area contributed by atoms with Gasteiger partial charge in [-0.15, -0.1) is 0 Å². The van der Waals surface area contributed by atoms with Gasteiger partial charge in [-0.05, 0) is 25.2 Å². The van der Waals surface area contributed by atoms with Gasteiger partial charge in [0.25, 0.3) is 0 Å². The number of hydrogen-bond donors (Lipinski definition) is 1. The predicted octanol–water partition coefficient (Wildman–Crippen LogP) is 2.40. The van der Waals surface area contributed by atoms with Crippen LogP contribution in [0.1, 0.15) is 64.6 Å². The van der Waals surface area contributed by atoms with Crippen LogP contribution in [0.15, 0.2) is 4.52 Å². The van der Waals surface area contributed by atoms with Crippen LogP contribution in [0.5, 0.6) is 0 Å². The molecule has 1 N–H and O–H groups in total. The number of aromatic nitrogens is 2. The zero-order valence-corrected chi connectivity index (χ0v) is 14.7. The average molecular weight is 337 g/mol. The van der Waals surface area contributed by atoms with Gasteiger partial charge in [-0.2, -0.15) is 4.98 Å². The first-order valence-electron chi connectivity index (χ1n) is 8.58. The van der Waals surface area contributed by atoms with Crippen LogP contribution in [0.2, 0.25) is 0 Å². The number of carboxylic acids is 1. The van der Waals surface area contributed by atoms with Gasteiger partial charge >= 0.3 is 5.97 Å². The van der Waals surface area contributed by atoms with E-state index in [4.69, 9.17) is 9.63 Å². The molecule has 0 bridgehead atoms. The van der Waals surface area contributed by atoms with Crippen LogP contribution in [0.25, 0.3) is 0 Å². The molecule has 1 aliphatic heterocycles. The Bertz CT molecular complexity index is 577. The first-order valence-corrected chi connectivity index (χ1v) is 8.58. The highest BCUT2D eigenvalue weighted by Crippen LogP contribution is 2.22. The van der Waals surface area contributed by atoms with Crippen molar-refractivity contribution in [2.75, 3.05) is 13.1 Å². The standard InChI is InChI=1S/C17H27N3O4/c1-17(2,3)16-18-13(24-19-16)7-8-14(21)20-10-4-5-12(11-20)6-9-15(22)23/h12H,4-11H2,1-3H3,(H,22,23)/t12-/m1/s1. The van der Waals surface area contributed by atoms with E-state index in [0.717, 1.165) is 19.4 Å². The maximum atomic E-state index is 12.4. The molecule has 2 rings (SSSR count). The summed E-state index contributed by atoms with van der Waals surface area (Å²) in [5, 5.41) is 12.7. The van der Waals surface area contributed by atoms with Crippen molar-refractivity contribution in [3.8, 4) is 0 Å². The van der Waals surface area contributed by atoms with Crippen LogP contribution in [0.3, 0.4) is 0 Å². The second-order valence-electron chi connectivity index (χ2n) is 7.54. The average Bonchev–Trinajstić information content (AvgIpc) is 3.00. The number of carbonyl (C=O) groups excluding carboxylic acids is 1. The minimum absolute atomic E-state index is 0.0746. The topological polar surface area (TPSA) is 96.5 Å². The largest absolute Gasteiger partial charge is 0.481 e. The highest BCUT2D eigenvalue weighted by molar-refractivity contribution is 5.76. The lowest BCUT2D eigenvalue weighted by Crippen LogP contribution is -2.40. The summed E-state index contributed by atoms with van der Waals surface area (Å²) in [6, 6.07) is 0. The van der Waals surface area contributed by atoms with Gasteiger partial charge in [0.1, 0.15) is 0 Å². The maximum Gasteiger partial charge on any atom is 0.303 e. The molecular weight excluding hydrogens is 310 g/mol. The van der Waals surface area contributed by atoms with E-state index in [2.05, 4.69) is 10.1 Å². The quantitative estimate of drug-likeness (QED) is 0.856. The molecule has 0 saturated carbocycles. The van der Waals surface area contributed by atoms with E-state index >= 15 is 0 Å². The smallest absolute Gasteiger partial charge is 0.303 e. The molecule has 1 amide bonds. The number of likely N-dealkylation sites (tertiary alicyclic amines) is 1. The molecule has 0 aromatic carbocycles. The van der Waals surface area contributed by atoms with E-state index in [1.165, 1.54) is 0 Å². The third kappa shape index (κ3) is 5.32. The third-order valence-corrected chi connectivity index (χ3v) is 4.33. The highest BCUT2D eigenvalue weighted by Gasteiger charge is 2.25. The number of nitrogens with zero attached hydrogens (tertiary/aromatic N) is 3. The van der Waals surface area contributed by atoms with Gasteiger partial charge in [0.05, 0.1) is 0 Å². The Kier molecular flexibility index (Phi) is 5.96. The first kappa shape index (κ1) is 18.4. The number of amides is 1. The fourth-order valence-electron chi connectivity index (χ4n) is 2.89. The monoisotopic (exact) mass is 337 g/mol. The Morgan fingerprint density at radius 3 is 2.71 bits per heavy atom. The minimum atomic E-state index is -0.774. The van der Waals surface area contributed by atoms with Crippen molar-refractivity contribution in [3.05, 3.63) is 11.7 Å². The van der Waals surface area contributed by atoms with E-state index in [1.54, 1.807) is 0 Å². The molecular formula is C17H27N3O4. The zero-order chi connectivity index (χ0) is 17.7. The SMILES string of the molecule is CC(C)(C)c1noc(CCC(=O)N2CCC[C@H](CCC(=O)O)C2)n1. The van der Waals surface area contributed by atoms with Crippen molar-refractivity contribution in [2.24, 2.45) is 5.92 Å². The van der Waals surface area contributed by atoms with Crippen molar-refractivity contribution in [1.82, 2.24) is 15.0 Å². The molecule has 2 heterocycles. The van der Waals surface area contributed by atoms with Crippen molar-refractivity contribution >= 4 is 11.9 Å². The molecule has 1 atom stereocenters. The Morgan fingerprint density at radius 1 is 1.33 bits per heavy atom. The van der Waals surface area contributed by atoms with E-state index in [9.17, 15) is 9.59 Å². The number of aliphatic carboxylic acids is 1. The molecule has 0 unspecified atom stereocenters. The van der Waals surface area contributed by atoms with Crippen LogP contribution in [-0.4, -0.2) is 45.1 Å². The van der Waals surface area contributed by atoms with Crippen molar-refractivity contribution in [2.45, 2.75) is 64.7 Å². The molecule has 0 spiro atoms. The van der Waals surface area contributed by atoms with Gasteiger partial charge in [-0.25, -0.2) is 0 Å². The Hall–Kier alpha value is -1.92. The van der Waals surface area contributed by atoms with Crippen LogP contribution in [0, 0.1) is 5.92 Å². The Balaban J connectivity index is 1.81. The molecule has 7 heteroatoms. The number of aryl methyl sites for hydroxylation is 1. The maximum absolute atomic E-state index is 12.4. The molecule has 1 saturated heterocycles. The van der Waals surface area contributed by atoms with Gasteiger partial charge in [-0.1, -0.05) is 25.9 Å². The number of piperidine rings is 1. The van der Waals surface area contributed by atoms with Crippen molar-refractivity contribution in [3.63, 3.8) is 0 Å². The Labute approximate surface area is 142 Å². The van der Waals surface area contributed by atoms with Crippen LogP contribution < -0.4 is 0 Å². The number of carbonyl (C=O) groups is 2. The molecule has 0 aliphatic carbocycles. The third-order valence-electron chi connectivity index (χ3n) is 4.33. The fraction of sp³-hybridized carbons (Fsp3) is 0.765. The fourth-order valence-corrected chi connectivity index (χ4v) is 2.89. The van der Waals surface area contributed by atoms with Gasteiger partial charge in [-0.3, -0.25) is 9.59 Å². The minimum Gasteiger partial charge on any atom is -0.481 e. The lowest BCUT2D eigenvalue weighted by atomic mass is 9.93. The summed E-state index contributed by atoms with van der Waals surface area (Å²) in [6.07, 6.45) is 3.53. The van der Waals surface area contributed by atoms with Crippen molar-refractivity contribution < 1.29 is 19.2 Å². The molecule has 1 aromatic rings. The van der Waals surface area contributed by atoms with Gasteiger partial charge in [0.15, 0.2) is 5.82 Å². The Morgan fingerprint density at radius 2 is 2.08 bits per heavy atom. The number of hydrogen-bond acceptors (Lipinski definition) is 5. The lowest BCUT2D eigenvalue weighted by Gasteiger charge is -2.32. The molecule has 7 nitrogen and oxygen atoms in total. The summed E-state index contributed by atoms with van der Waals surface area (Å²) in [6.45, 7) is 7.44. The summed E-state index contributed by atoms with van der Waals surface area (Å²) in [4.78, 5) is 29.3. The molecule has 134 valence electrons. The van der Waals surface area contributed by atoms with E-state index in [-0.39, 0.29) is 23.7 Å². The summed E-state index contributed by atoms with van der Waals surface area (Å²) >= 11 is 0. The zero-order valence-electron chi connectivity index (χ0n) is 14.7. The summed E-state index contributed by atoms with van der Waals surface area (Å²) in [5.74, 6) is 0.731. The summed E-state index contributed by atoms with van der Waals surface area (Å²) in [7, 11) is 0. The summed E-state index contributed by atoms with van der Waals surface area (Å²) in [5.41, 5.74) is -0.171. The van der Waals surface area contributed by atoms with Gasteiger partial charge in [0, 0.05) is 37.8 Å². The van der Waals surface area contributed by atoms with E-state index in [1.807, 2.05) is 25.7 Å². The second kappa shape index (κ2) is 7.77. The number of carboxylic acid groups (broad SMARTS) is 1. The highest BCUT2D eigenvalue weighted by atomic mass is 16.5. The number of rotatable bonds is 6.